The van der Waals surface area contributed by atoms with Crippen LogP contribution in [0, 0.1) is 0 Å². The number of alkyl halides is 5. The van der Waals surface area contributed by atoms with Gasteiger partial charge in [0.2, 0.25) is 6.79 Å². The number of nitrogens with zero attached hydrogens (tertiary/aromatic N) is 1. The lowest BCUT2D eigenvalue weighted by atomic mass is 9.93. The van der Waals surface area contributed by atoms with Gasteiger partial charge in [0.25, 0.3) is 6.43 Å². The fraction of sp³-hybridized carbons (Fsp3) is 0.211. The Morgan fingerprint density at radius 3 is 2.62 bits per heavy atom. The van der Waals surface area contributed by atoms with Crippen LogP contribution in [0.1, 0.15) is 16.7 Å². The van der Waals surface area contributed by atoms with E-state index in [4.69, 9.17) is 9.47 Å². The topological polar surface area (TPSA) is 38.8 Å². The molecule has 152 valence electrons. The van der Waals surface area contributed by atoms with Gasteiger partial charge >= 0.3 is 12.1 Å². The number of anilines is 1. The molecule has 0 radical (unpaired) electrons. The Hall–Kier alpha value is -2.62. The monoisotopic (exact) mass is 475 g/mol. The molecule has 0 unspecified atom stereocenters. The third-order valence-electron chi connectivity index (χ3n) is 4.57. The summed E-state index contributed by atoms with van der Waals surface area (Å²) >= 11 is 3.27. The van der Waals surface area contributed by atoms with Crippen molar-refractivity contribution in [2.75, 3.05) is 11.7 Å². The van der Waals surface area contributed by atoms with Crippen LogP contribution in [0.25, 0.3) is 5.57 Å². The SMILES string of the molecule is O=C(N1Cc2c(Br)cc3c(c2/C(=C/C(F)F)c2ccccc21)OCO3)C(F)(F)F. The molecule has 10 heteroatoms. The summed E-state index contributed by atoms with van der Waals surface area (Å²) in [7, 11) is 0. The molecule has 4 nitrogen and oxygen atoms in total. The number of rotatable bonds is 1. The van der Waals surface area contributed by atoms with Crippen molar-refractivity contribution in [3.8, 4) is 11.5 Å². The summed E-state index contributed by atoms with van der Waals surface area (Å²) in [5.74, 6) is -1.69. The van der Waals surface area contributed by atoms with Crippen molar-refractivity contribution < 1.29 is 36.2 Å². The quantitative estimate of drug-likeness (QED) is 0.526. The van der Waals surface area contributed by atoms with Crippen LogP contribution in [0.4, 0.5) is 27.6 Å². The van der Waals surface area contributed by atoms with Gasteiger partial charge in [-0.3, -0.25) is 9.69 Å². The Bertz CT molecular complexity index is 1040. The van der Waals surface area contributed by atoms with E-state index < -0.39 is 25.1 Å². The van der Waals surface area contributed by atoms with Crippen LogP contribution >= 0.6 is 15.9 Å². The summed E-state index contributed by atoms with van der Waals surface area (Å²) in [5, 5.41) is 0. The molecule has 29 heavy (non-hydrogen) atoms. The number of halogens is 6. The molecule has 0 fully saturated rings. The lowest BCUT2D eigenvalue weighted by molar-refractivity contribution is -0.170. The second kappa shape index (κ2) is 7.01. The maximum atomic E-state index is 13.4. The molecule has 0 atom stereocenters. The Morgan fingerprint density at radius 2 is 1.93 bits per heavy atom. The smallest absolute Gasteiger partial charge is 0.454 e. The van der Waals surface area contributed by atoms with Gasteiger partial charge in [-0.15, -0.1) is 0 Å². The van der Waals surface area contributed by atoms with Crippen molar-refractivity contribution >= 4 is 33.1 Å². The van der Waals surface area contributed by atoms with Crippen LogP contribution in [0.15, 0.2) is 40.9 Å². The van der Waals surface area contributed by atoms with Gasteiger partial charge in [-0.1, -0.05) is 34.1 Å². The minimum Gasteiger partial charge on any atom is -0.454 e. The molecule has 0 aromatic heterocycles. The standard InChI is InChI=1S/C19H11BrF5NO3/c20-12-6-14-17(29-8-28-14)16-10(5-15(21)22)9-3-1-2-4-13(9)26(7-11(12)16)18(27)19(23,24)25/h1-6,15H,7-8H2/b10-5+. The Labute approximate surface area is 169 Å². The van der Waals surface area contributed by atoms with E-state index in [0.29, 0.717) is 15.4 Å². The molecular formula is C19H11BrF5NO3. The highest BCUT2D eigenvalue weighted by Crippen LogP contribution is 2.50. The van der Waals surface area contributed by atoms with Gasteiger partial charge in [-0.2, -0.15) is 13.2 Å². The number of hydrogen-bond acceptors (Lipinski definition) is 3. The largest absolute Gasteiger partial charge is 0.471 e. The zero-order valence-corrected chi connectivity index (χ0v) is 16.0. The van der Waals surface area contributed by atoms with Gasteiger partial charge in [-0.05, 0) is 29.3 Å². The zero-order valence-electron chi connectivity index (χ0n) is 14.4. The molecule has 0 saturated heterocycles. The van der Waals surface area contributed by atoms with Crippen LogP contribution in [-0.4, -0.2) is 25.3 Å². The Balaban J connectivity index is 2.07. The Kier molecular flexibility index (Phi) is 4.76. The molecule has 0 aliphatic carbocycles. The van der Waals surface area contributed by atoms with Crippen LogP contribution < -0.4 is 14.4 Å². The molecule has 0 N–H and O–H groups in total. The summed E-state index contributed by atoms with van der Waals surface area (Å²) in [6, 6.07) is 7.08. The minimum absolute atomic E-state index is 0.0360. The number of carbonyl (C=O) groups is 1. The van der Waals surface area contributed by atoms with Crippen molar-refractivity contribution in [3.63, 3.8) is 0 Å². The maximum Gasteiger partial charge on any atom is 0.471 e. The van der Waals surface area contributed by atoms with E-state index in [1.165, 1.54) is 30.3 Å². The summed E-state index contributed by atoms with van der Waals surface area (Å²) < 4.78 is 77.8. The highest BCUT2D eigenvalue weighted by molar-refractivity contribution is 9.10. The fourth-order valence-electron chi connectivity index (χ4n) is 3.44. The van der Waals surface area contributed by atoms with E-state index in [1.54, 1.807) is 0 Å². The molecular weight excluding hydrogens is 465 g/mol. The number of hydrogen-bond donors (Lipinski definition) is 0. The highest BCUT2D eigenvalue weighted by atomic mass is 79.9. The number of fused-ring (bicyclic) bond motifs is 4. The van der Waals surface area contributed by atoms with Crippen molar-refractivity contribution in [3.05, 3.63) is 57.6 Å². The van der Waals surface area contributed by atoms with Crippen LogP contribution in [0.5, 0.6) is 11.5 Å². The molecule has 0 spiro atoms. The van der Waals surface area contributed by atoms with E-state index in [0.717, 1.165) is 0 Å². The summed E-state index contributed by atoms with van der Waals surface area (Å²) in [6.07, 6.45) is -7.41. The van der Waals surface area contributed by atoms with Crippen molar-refractivity contribution in [1.29, 1.82) is 0 Å². The van der Waals surface area contributed by atoms with Gasteiger partial charge in [-0.25, -0.2) is 8.78 Å². The number of para-hydroxylation sites is 1. The minimum atomic E-state index is -5.15. The van der Waals surface area contributed by atoms with Gasteiger partial charge in [0, 0.05) is 15.6 Å². The molecule has 0 saturated carbocycles. The normalized spacial score (nSPS) is 16.7. The Morgan fingerprint density at radius 1 is 1.21 bits per heavy atom. The van der Waals surface area contributed by atoms with Crippen LogP contribution in [0.2, 0.25) is 0 Å². The predicted molar refractivity (Wildman–Crippen MR) is 97.0 cm³/mol. The van der Waals surface area contributed by atoms with Gasteiger partial charge in [0.05, 0.1) is 12.2 Å². The number of carbonyl (C=O) groups excluding carboxylic acids is 1. The number of benzene rings is 2. The molecule has 0 bridgehead atoms. The van der Waals surface area contributed by atoms with E-state index in [1.807, 2.05) is 0 Å². The van der Waals surface area contributed by atoms with E-state index >= 15 is 0 Å². The number of ether oxygens (including phenoxy) is 2. The van der Waals surface area contributed by atoms with E-state index in [2.05, 4.69) is 15.9 Å². The molecule has 1 amide bonds. The molecule has 4 rings (SSSR count). The zero-order chi connectivity index (χ0) is 20.9. The second-order valence-electron chi connectivity index (χ2n) is 6.27. The van der Waals surface area contributed by atoms with E-state index in [9.17, 15) is 26.7 Å². The van der Waals surface area contributed by atoms with Crippen molar-refractivity contribution in [1.82, 2.24) is 0 Å². The number of amides is 1. The van der Waals surface area contributed by atoms with Crippen molar-refractivity contribution in [2.45, 2.75) is 19.1 Å². The molecule has 2 aromatic carbocycles. The third-order valence-corrected chi connectivity index (χ3v) is 5.27. The molecule has 2 aromatic rings. The molecule has 2 aliphatic heterocycles. The van der Waals surface area contributed by atoms with E-state index in [-0.39, 0.29) is 46.2 Å². The predicted octanol–water partition coefficient (Wildman–Crippen LogP) is 5.28. The first-order chi connectivity index (χ1) is 13.7. The van der Waals surface area contributed by atoms with Gasteiger partial charge in [0.15, 0.2) is 11.5 Å². The second-order valence-corrected chi connectivity index (χ2v) is 7.12. The molecule has 2 heterocycles. The van der Waals surface area contributed by atoms with Crippen molar-refractivity contribution in [2.24, 2.45) is 0 Å². The first kappa shape index (κ1) is 19.7. The van der Waals surface area contributed by atoms with Gasteiger partial charge < -0.3 is 9.47 Å². The van der Waals surface area contributed by atoms with Crippen LogP contribution in [-0.2, 0) is 11.3 Å². The number of allylic oxidation sites excluding steroid dienone is 1. The lowest BCUT2D eigenvalue weighted by Crippen LogP contribution is -2.41. The summed E-state index contributed by atoms with van der Waals surface area (Å²) in [6.45, 7) is -0.657. The summed E-state index contributed by atoms with van der Waals surface area (Å²) in [5.41, 5.74) is 0.260. The average Bonchev–Trinajstić information content (AvgIpc) is 3.05. The first-order valence-corrected chi connectivity index (χ1v) is 9.07. The third kappa shape index (κ3) is 3.35. The highest BCUT2D eigenvalue weighted by Gasteiger charge is 2.45. The fourth-order valence-corrected chi connectivity index (χ4v) is 3.97. The maximum absolute atomic E-state index is 13.4. The van der Waals surface area contributed by atoms with Crippen LogP contribution in [0.3, 0.4) is 0 Å². The average molecular weight is 476 g/mol. The molecule has 2 aliphatic rings. The lowest BCUT2D eigenvalue weighted by Gasteiger charge is -2.24. The first-order valence-electron chi connectivity index (χ1n) is 8.28. The summed E-state index contributed by atoms with van der Waals surface area (Å²) in [4.78, 5) is 12.7. The van der Waals surface area contributed by atoms with Gasteiger partial charge in [0.1, 0.15) is 0 Å².